The third-order valence-electron chi connectivity index (χ3n) is 3.06. The van der Waals surface area contributed by atoms with E-state index in [1.807, 2.05) is 0 Å². The van der Waals surface area contributed by atoms with Crippen LogP contribution in [-0.4, -0.2) is 58.0 Å². The molecule has 0 radical (unpaired) electrons. The molecule has 2 unspecified atom stereocenters. The average Bonchev–Trinajstić information content (AvgIpc) is 2.76. The predicted molar refractivity (Wildman–Crippen MR) is 68.3 cm³/mol. The van der Waals surface area contributed by atoms with E-state index in [1.165, 1.54) is 11.0 Å². The van der Waals surface area contributed by atoms with E-state index in [4.69, 9.17) is 5.11 Å². The lowest BCUT2D eigenvalue weighted by Gasteiger charge is -2.16. The molecule has 1 aliphatic rings. The number of hydrogen-bond donors (Lipinski definition) is 3. The number of likely N-dealkylation sites (tertiary alicyclic amines) is 1. The highest BCUT2D eigenvalue weighted by Gasteiger charge is 2.33. The number of carbonyl (C=O) groups excluding carboxylic acids is 1. The fourth-order valence-corrected chi connectivity index (χ4v) is 2.05. The van der Waals surface area contributed by atoms with Crippen LogP contribution in [0, 0.1) is 17.7 Å². The maximum atomic E-state index is 13.2. The molecule has 1 aromatic carbocycles. The van der Waals surface area contributed by atoms with Crippen LogP contribution >= 0.6 is 0 Å². The van der Waals surface area contributed by atoms with Crippen LogP contribution in [0.4, 0.5) is 4.39 Å². The number of hydrogen-bond acceptors (Lipinski definition) is 4. The molecule has 1 aliphatic heterocycles. The molecular weight excluding hydrogens is 265 g/mol. The van der Waals surface area contributed by atoms with Gasteiger partial charge < -0.3 is 20.2 Å². The standard InChI is InChI=1S/C14H14FNO4/c15-10-3-4-11(9(6-10)2-1-5-17)14(20)16-7-12(18)13(19)8-16/h3-4,6,12-13,17-19H,5,7-8H2. The highest BCUT2D eigenvalue weighted by Crippen LogP contribution is 2.17. The van der Waals surface area contributed by atoms with E-state index in [9.17, 15) is 19.4 Å². The Morgan fingerprint density at radius 1 is 1.35 bits per heavy atom. The minimum absolute atomic E-state index is 0.0181. The van der Waals surface area contributed by atoms with Crippen molar-refractivity contribution in [2.75, 3.05) is 19.7 Å². The van der Waals surface area contributed by atoms with Crippen molar-refractivity contribution in [1.29, 1.82) is 0 Å². The third-order valence-corrected chi connectivity index (χ3v) is 3.06. The minimum Gasteiger partial charge on any atom is -0.388 e. The van der Waals surface area contributed by atoms with Crippen molar-refractivity contribution in [1.82, 2.24) is 4.90 Å². The molecule has 5 nitrogen and oxygen atoms in total. The van der Waals surface area contributed by atoms with Crippen molar-refractivity contribution in [3.05, 3.63) is 35.1 Å². The number of benzene rings is 1. The van der Waals surface area contributed by atoms with Crippen LogP contribution in [0.25, 0.3) is 0 Å². The van der Waals surface area contributed by atoms with E-state index in [-0.39, 0.29) is 24.2 Å². The Kier molecular flexibility index (Phi) is 4.35. The van der Waals surface area contributed by atoms with Gasteiger partial charge in [-0.2, -0.15) is 0 Å². The Bertz CT molecular complexity index is 568. The lowest BCUT2D eigenvalue weighted by molar-refractivity contribution is 0.0572. The molecule has 0 saturated carbocycles. The van der Waals surface area contributed by atoms with Gasteiger partial charge >= 0.3 is 0 Å². The van der Waals surface area contributed by atoms with Crippen LogP contribution in [0.5, 0.6) is 0 Å². The third kappa shape index (κ3) is 2.96. The summed E-state index contributed by atoms with van der Waals surface area (Å²) in [5, 5.41) is 27.6. The monoisotopic (exact) mass is 279 g/mol. The summed E-state index contributed by atoms with van der Waals surface area (Å²) in [6, 6.07) is 3.55. The van der Waals surface area contributed by atoms with Gasteiger partial charge in [0.15, 0.2) is 0 Å². The lowest BCUT2D eigenvalue weighted by atomic mass is 10.1. The molecule has 0 bridgehead atoms. The molecule has 1 fully saturated rings. The second-order valence-electron chi connectivity index (χ2n) is 4.49. The predicted octanol–water partition coefficient (Wildman–Crippen LogP) is -0.653. The van der Waals surface area contributed by atoms with Crippen LogP contribution in [0.15, 0.2) is 18.2 Å². The number of carbonyl (C=O) groups is 1. The van der Waals surface area contributed by atoms with Gasteiger partial charge in [-0.25, -0.2) is 4.39 Å². The molecule has 2 atom stereocenters. The Balaban J connectivity index is 2.30. The molecule has 106 valence electrons. The number of nitrogens with zero attached hydrogens (tertiary/aromatic N) is 1. The SMILES string of the molecule is O=C(c1ccc(F)cc1C#CCO)N1CC(O)C(O)C1. The molecule has 1 aromatic rings. The summed E-state index contributed by atoms with van der Waals surface area (Å²) >= 11 is 0. The molecule has 2 rings (SSSR count). The first kappa shape index (κ1) is 14.5. The van der Waals surface area contributed by atoms with E-state index in [2.05, 4.69) is 11.8 Å². The topological polar surface area (TPSA) is 81.0 Å². The van der Waals surface area contributed by atoms with Crippen LogP contribution in [0.2, 0.25) is 0 Å². The van der Waals surface area contributed by atoms with Crippen molar-refractivity contribution in [2.24, 2.45) is 0 Å². The summed E-state index contributed by atoms with van der Waals surface area (Å²) in [5.74, 6) is 3.90. The Hall–Kier alpha value is -1.94. The quantitative estimate of drug-likeness (QED) is 0.597. The van der Waals surface area contributed by atoms with E-state index in [0.717, 1.165) is 12.1 Å². The molecule has 0 spiro atoms. The van der Waals surface area contributed by atoms with Gasteiger partial charge in [-0.05, 0) is 18.2 Å². The Morgan fingerprint density at radius 3 is 2.60 bits per heavy atom. The van der Waals surface area contributed by atoms with Gasteiger partial charge in [0.2, 0.25) is 0 Å². The molecule has 20 heavy (non-hydrogen) atoms. The van der Waals surface area contributed by atoms with E-state index in [1.54, 1.807) is 0 Å². The van der Waals surface area contributed by atoms with Crippen molar-refractivity contribution in [3.8, 4) is 11.8 Å². The molecule has 0 aliphatic carbocycles. The smallest absolute Gasteiger partial charge is 0.255 e. The Labute approximate surface area is 115 Å². The number of aliphatic hydroxyl groups excluding tert-OH is 3. The number of amides is 1. The van der Waals surface area contributed by atoms with E-state index < -0.39 is 30.5 Å². The first-order valence-electron chi connectivity index (χ1n) is 6.07. The van der Waals surface area contributed by atoms with Crippen molar-refractivity contribution in [2.45, 2.75) is 12.2 Å². The average molecular weight is 279 g/mol. The lowest BCUT2D eigenvalue weighted by Crippen LogP contribution is -2.30. The second-order valence-corrected chi connectivity index (χ2v) is 4.49. The maximum Gasteiger partial charge on any atom is 0.255 e. The van der Waals surface area contributed by atoms with Crippen molar-refractivity contribution < 1.29 is 24.5 Å². The largest absolute Gasteiger partial charge is 0.388 e. The highest BCUT2D eigenvalue weighted by molar-refractivity contribution is 5.97. The molecule has 1 saturated heterocycles. The molecule has 3 N–H and O–H groups in total. The van der Waals surface area contributed by atoms with Crippen LogP contribution in [0.1, 0.15) is 15.9 Å². The molecular formula is C14H14FNO4. The van der Waals surface area contributed by atoms with Gasteiger partial charge in [0.1, 0.15) is 12.4 Å². The maximum absolute atomic E-state index is 13.2. The van der Waals surface area contributed by atoms with Crippen LogP contribution in [-0.2, 0) is 0 Å². The summed E-state index contributed by atoms with van der Waals surface area (Å²) in [4.78, 5) is 13.6. The van der Waals surface area contributed by atoms with Crippen molar-refractivity contribution in [3.63, 3.8) is 0 Å². The van der Waals surface area contributed by atoms with Gasteiger partial charge in [-0.1, -0.05) is 11.8 Å². The van der Waals surface area contributed by atoms with Gasteiger partial charge in [-0.3, -0.25) is 4.79 Å². The van der Waals surface area contributed by atoms with E-state index >= 15 is 0 Å². The van der Waals surface area contributed by atoms with Gasteiger partial charge in [0, 0.05) is 18.7 Å². The highest BCUT2D eigenvalue weighted by atomic mass is 19.1. The number of β-amino-alcohol motifs (C(OH)–C–C–N with tert-alkyl or cyclic N) is 2. The summed E-state index contributed by atoms with van der Waals surface area (Å²) in [5.41, 5.74) is 0.341. The zero-order chi connectivity index (χ0) is 14.7. The molecule has 1 amide bonds. The van der Waals surface area contributed by atoms with Gasteiger partial charge in [0.25, 0.3) is 5.91 Å². The zero-order valence-electron chi connectivity index (χ0n) is 10.6. The normalized spacial score (nSPS) is 21.5. The number of halogens is 1. The van der Waals surface area contributed by atoms with E-state index in [0.29, 0.717) is 0 Å². The summed E-state index contributed by atoms with van der Waals surface area (Å²) in [7, 11) is 0. The molecule has 1 heterocycles. The summed E-state index contributed by atoms with van der Waals surface area (Å²) < 4.78 is 13.2. The molecule has 0 aromatic heterocycles. The fourth-order valence-electron chi connectivity index (χ4n) is 2.05. The van der Waals surface area contributed by atoms with Crippen molar-refractivity contribution >= 4 is 5.91 Å². The minimum atomic E-state index is -0.980. The Morgan fingerprint density at radius 2 is 2.00 bits per heavy atom. The number of aliphatic hydroxyl groups is 3. The summed E-state index contributed by atoms with van der Waals surface area (Å²) in [6.45, 7) is -0.361. The second kappa shape index (κ2) is 6.01. The van der Waals surface area contributed by atoms with Crippen LogP contribution < -0.4 is 0 Å². The first-order chi connectivity index (χ1) is 9.52. The van der Waals surface area contributed by atoms with Crippen LogP contribution in [0.3, 0.4) is 0 Å². The first-order valence-corrected chi connectivity index (χ1v) is 6.07. The summed E-state index contributed by atoms with van der Waals surface area (Å²) in [6.07, 6.45) is -1.96. The molecule has 6 heteroatoms. The number of rotatable bonds is 1. The van der Waals surface area contributed by atoms with Gasteiger partial charge in [0.05, 0.1) is 17.8 Å². The van der Waals surface area contributed by atoms with Gasteiger partial charge in [-0.15, -0.1) is 0 Å². The fraction of sp³-hybridized carbons (Fsp3) is 0.357. The zero-order valence-corrected chi connectivity index (χ0v) is 10.6.